The lowest BCUT2D eigenvalue weighted by atomic mass is 9.81. The van der Waals surface area contributed by atoms with E-state index in [1.807, 2.05) is 0 Å². The van der Waals surface area contributed by atoms with E-state index < -0.39 is 0 Å². The third kappa shape index (κ3) is 4.27. The normalized spacial score (nSPS) is 12.1. The van der Waals surface area contributed by atoms with E-state index in [9.17, 15) is 4.79 Å². The number of carbonyl (C=O) groups is 1. The molecule has 0 aliphatic rings. The molecule has 2 N–H and O–H groups in total. The van der Waals surface area contributed by atoms with Crippen LogP contribution in [0.1, 0.15) is 45.7 Å². The van der Waals surface area contributed by atoms with Crippen molar-refractivity contribution in [2.75, 3.05) is 13.6 Å². The van der Waals surface area contributed by atoms with Crippen LogP contribution >= 0.6 is 0 Å². The van der Waals surface area contributed by atoms with Crippen LogP contribution in [0.5, 0.6) is 0 Å². The zero-order valence-corrected chi connectivity index (χ0v) is 12.9. The van der Waals surface area contributed by atoms with Crippen LogP contribution in [0, 0.1) is 0 Å². The molecule has 1 rings (SSSR count). The minimum Gasteiger partial charge on any atom is -0.341 e. The summed E-state index contributed by atoms with van der Waals surface area (Å²) in [5.41, 5.74) is 2.65. The zero-order chi connectivity index (χ0) is 14.7. The van der Waals surface area contributed by atoms with Crippen LogP contribution in [0.3, 0.4) is 0 Å². The maximum absolute atomic E-state index is 11.3. The average Bonchev–Trinajstić information content (AvgIpc) is 2.35. The Balaban J connectivity index is 2.81. The van der Waals surface area contributed by atoms with Gasteiger partial charge in [0.05, 0.1) is 0 Å². The van der Waals surface area contributed by atoms with Gasteiger partial charge in [0.15, 0.2) is 0 Å². The van der Waals surface area contributed by atoms with Crippen molar-refractivity contribution in [3.05, 3.63) is 35.4 Å². The minimum absolute atomic E-state index is 0.0804. The van der Waals surface area contributed by atoms with Crippen molar-refractivity contribution >= 4 is 6.03 Å². The number of amides is 2. The topological polar surface area (TPSA) is 41.1 Å². The Labute approximate surface area is 116 Å². The molecule has 1 aromatic rings. The smallest absolute Gasteiger partial charge is 0.314 e. The molecule has 0 spiro atoms. The molecule has 0 aromatic heterocycles. The highest BCUT2D eigenvalue weighted by Crippen LogP contribution is 2.27. The van der Waals surface area contributed by atoms with E-state index in [0.717, 1.165) is 0 Å². The fraction of sp³-hybridized carbons (Fsp3) is 0.562. The summed E-state index contributed by atoms with van der Waals surface area (Å²) in [6, 6.07) is 8.53. The Morgan fingerprint density at radius 3 is 1.89 bits per heavy atom. The first-order valence-electron chi connectivity index (χ1n) is 6.73. The van der Waals surface area contributed by atoms with Gasteiger partial charge < -0.3 is 10.6 Å². The number of benzene rings is 1. The van der Waals surface area contributed by atoms with Crippen molar-refractivity contribution in [1.29, 1.82) is 0 Å². The SMILES string of the molecule is CNC(=O)NCC(C)(C)c1ccc(C(C)(C)C)cc1. The summed E-state index contributed by atoms with van der Waals surface area (Å²) < 4.78 is 0. The predicted molar refractivity (Wildman–Crippen MR) is 80.6 cm³/mol. The van der Waals surface area contributed by atoms with Crippen molar-refractivity contribution in [2.45, 2.75) is 45.4 Å². The van der Waals surface area contributed by atoms with Crippen LogP contribution in [0.25, 0.3) is 0 Å². The summed E-state index contributed by atoms with van der Waals surface area (Å²) >= 11 is 0. The molecule has 0 fully saturated rings. The van der Waals surface area contributed by atoms with E-state index in [-0.39, 0.29) is 16.9 Å². The van der Waals surface area contributed by atoms with Gasteiger partial charge in [-0.2, -0.15) is 0 Å². The quantitative estimate of drug-likeness (QED) is 0.863. The van der Waals surface area contributed by atoms with Gasteiger partial charge in [-0.3, -0.25) is 0 Å². The fourth-order valence-electron chi connectivity index (χ4n) is 1.91. The molecule has 0 aliphatic carbocycles. The molecule has 0 heterocycles. The first kappa shape index (κ1) is 15.5. The molecule has 0 unspecified atom stereocenters. The largest absolute Gasteiger partial charge is 0.341 e. The van der Waals surface area contributed by atoms with E-state index in [0.29, 0.717) is 6.54 Å². The molecular formula is C16H26N2O. The summed E-state index contributed by atoms with van der Waals surface area (Å²) in [6.45, 7) is 11.5. The van der Waals surface area contributed by atoms with Crippen LogP contribution in [0.2, 0.25) is 0 Å². The summed E-state index contributed by atoms with van der Waals surface area (Å²) in [6.07, 6.45) is 0. The Morgan fingerprint density at radius 1 is 1.00 bits per heavy atom. The van der Waals surface area contributed by atoms with Gasteiger partial charge in [0.25, 0.3) is 0 Å². The molecule has 0 radical (unpaired) electrons. The first-order chi connectivity index (χ1) is 8.66. The predicted octanol–water partition coefficient (Wildman–Crippen LogP) is 3.19. The van der Waals surface area contributed by atoms with Crippen molar-refractivity contribution in [3.63, 3.8) is 0 Å². The van der Waals surface area contributed by atoms with Gasteiger partial charge in [-0.15, -0.1) is 0 Å². The van der Waals surface area contributed by atoms with Gasteiger partial charge in [0.2, 0.25) is 0 Å². The second kappa shape index (κ2) is 5.64. The van der Waals surface area contributed by atoms with Gasteiger partial charge >= 0.3 is 6.03 Å². The number of hydrogen-bond donors (Lipinski definition) is 2. The Bertz CT molecular complexity index is 427. The Kier molecular flexibility index (Phi) is 4.61. The van der Waals surface area contributed by atoms with E-state index in [1.165, 1.54) is 11.1 Å². The molecule has 0 bridgehead atoms. The number of hydrogen-bond acceptors (Lipinski definition) is 1. The molecule has 3 nitrogen and oxygen atoms in total. The van der Waals surface area contributed by atoms with Crippen molar-refractivity contribution < 1.29 is 4.79 Å². The lowest BCUT2D eigenvalue weighted by Crippen LogP contribution is -2.40. The van der Waals surface area contributed by atoms with Crippen LogP contribution in [0.4, 0.5) is 4.79 Å². The van der Waals surface area contributed by atoms with Crippen LogP contribution in [0.15, 0.2) is 24.3 Å². The van der Waals surface area contributed by atoms with Gasteiger partial charge in [0.1, 0.15) is 0 Å². The van der Waals surface area contributed by atoms with E-state index in [1.54, 1.807) is 7.05 Å². The molecule has 0 saturated carbocycles. The summed E-state index contributed by atoms with van der Waals surface area (Å²) in [7, 11) is 1.63. The molecular weight excluding hydrogens is 236 g/mol. The van der Waals surface area contributed by atoms with Crippen LogP contribution in [-0.4, -0.2) is 19.6 Å². The number of rotatable bonds is 3. The van der Waals surface area contributed by atoms with E-state index in [2.05, 4.69) is 69.5 Å². The summed E-state index contributed by atoms with van der Waals surface area (Å²) in [4.78, 5) is 11.3. The third-order valence-electron chi connectivity index (χ3n) is 3.45. The van der Waals surface area contributed by atoms with Gasteiger partial charge in [-0.05, 0) is 16.5 Å². The maximum Gasteiger partial charge on any atom is 0.314 e. The molecule has 3 heteroatoms. The monoisotopic (exact) mass is 262 g/mol. The zero-order valence-electron chi connectivity index (χ0n) is 12.9. The second-order valence-electron chi connectivity index (χ2n) is 6.64. The minimum atomic E-state index is -0.139. The van der Waals surface area contributed by atoms with Crippen molar-refractivity contribution in [1.82, 2.24) is 10.6 Å². The van der Waals surface area contributed by atoms with Gasteiger partial charge in [0, 0.05) is 19.0 Å². The summed E-state index contributed by atoms with van der Waals surface area (Å²) in [5.74, 6) is 0. The molecule has 0 atom stereocenters. The second-order valence-corrected chi connectivity index (χ2v) is 6.64. The number of urea groups is 1. The van der Waals surface area contributed by atoms with Crippen LogP contribution in [-0.2, 0) is 10.8 Å². The average molecular weight is 262 g/mol. The Morgan fingerprint density at radius 2 is 1.47 bits per heavy atom. The van der Waals surface area contributed by atoms with E-state index in [4.69, 9.17) is 0 Å². The highest BCUT2D eigenvalue weighted by atomic mass is 16.2. The molecule has 0 saturated heterocycles. The highest BCUT2D eigenvalue weighted by molar-refractivity contribution is 5.73. The molecule has 106 valence electrons. The lowest BCUT2D eigenvalue weighted by molar-refractivity contribution is 0.240. The van der Waals surface area contributed by atoms with Crippen molar-refractivity contribution in [3.8, 4) is 0 Å². The molecule has 1 aromatic carbocycles. The lowest BCUT2D eigenvalue weighted by Gasteiger charge is -2.27. The third-order valence-corrected chi connectivity index (χ3v) is 3.45. The standard InChI is InChI=1S/C16H26N2O/c1-15(2,3)12-7-9-13(10-8-12)16(4,5)11-18-14(19)17-6/h7-10H,11H2,1-6H3,(H2,17,18,19). The highest BCUT2D eigenvalue weighted by Gasteiger charge is 2.22. The van der Waals surface area contributed by atoms with Gasteiger partial charge in [-0.1, -0.05) is 58.9 Å². The van der Waals surface area contributed by atoms with Crippen LogP contribution < -0.4 is 10.6 Å². The Hall–Kier alpha value is -1.51. The molecule has 0 aliphatic heterocycles. The van der Waals surface area contributed by atoms with E-state index >= 15 is 0 Å². The number of carbonyl (C=O) groups excluding carboxylic acids is 1. The van der Waals surface area contributed by atoms with Gasteiger partial charge in [-0.25, -0.2) is 4.79 Å². The number of nitrogens with one attached hydrogen (secondary N) is 2. The molecule has 2 amide bonds. The fourth-order valence-corrected chi connectivity index (χ4v) is 1.91. The summed E-state index contributed by atoms with van der Waals surface area (Å²) in [5, 5.41) is 5.43. The van der Waals surface area contributed by atoms with Crippen molar-refractivity contribution in [2.24, 2.45) is 0 Å². The maximum atomic E-state index is 11.3. The molecule has 19 heavy (non-hydrogen) atoms. The first-order valence-corrected chi connectivity index (χ1v) is 6.73.